The number of anilines is 1. The van der Waals surface area contributed by atoms with Gasteiger partial charge in [-0.1, -0.05) is 6.92 Å². The van der Waals surface area contributed by atoms with E-state index in [1.165, 1.54) is 6.07 Å². The molecule has 1 unspecified atom stereocenters. The molecule has 0 amide bonds. The van der Waals surface area contributed by atoms with Crippen LogP contribution < -0.4 is 5.73 Å². The van der Waals surface area contributed by atoms with Gasteiger partial charge >= 0.3 is 0 Å². The van der Waals surface area contributed by atoms with Crippen molar-refractivity contribution in [1.82, 2.24) is 4.90 Å². The molecule has 112 valence electrons. The number of hydrogen-bond donors (Lipinski definition) is 1. The molecule has 1 aromatic rings. The predicted octanol–water partition coefficient (Wildman–Crippen LogP) is 2.42. The zero-order valence-electron chi connectivity index (χ0n) is 12.3. The number of nitrogen functional groups attached to an aromatic ring is 1. The summed E-state index contributed by atoms with van der Waals surface area (Å²) in [5, 5.41) is 10.8. The first-order chi connectivity index (χ1) is 9.49. The largest absolute Gasteiger partial charge is 0.398 e. The number of nitro groups is 1. The van der Waals surface area contributed by atoms with Crippen LogP contribution in [0.15, 0.2) is 18.2 Å². The number of benzene rings is 1. The first-order valence-corrected chi connectivity index (χ1v) is 6.75. The van der Waals surface area contributed by atoms with Crippen molar-refractivity contribution in [3.63, 3.8) is 0 Å². The minimum absolute atomic E-state index is 0.0741. The summed E-state index contributed by atoms with van der Waals surface area (Å²) in [5.41, 5.74) is 7.37. The third-order valence-electron chi connectivity index (χ3n) is 3.51. The molecule has 0 aliphatic heterocycles. The van der Waals surface area contributed by atoms with E-state index in [-0.39, 0.29) is 5.69 Å². The van der Waals surface area contributed by atoms with E-state index in [1.54, 1.807) is 19.2 Å². The maximum Gasteiger partial charge on any atom is 0.269 e. The van der Waals surface area contributed by atoms with Gasteiger partial charge in [-0.15, -0.1) is 0 Å². The smallest absolute Gasteiger partial charge is 0.269 e. The Morgan fingerprint density at radius 3 is 2.75 bits per heavy atom. The van der Waals surface area contributed by atoms with E-state index in [2.05, 4.69) is 18.7 Å². The molecule has 20 heavy (non-hydrogen) atoms. The van der Waals surface area contributed by atoms with E-state index in [9.17, 15) is 10.1 Å². The lowest BCUT2D eigenvalue weighted by Gasteiger charge is -2.28. The van der Waals surface area contributed by atoms with Crippen molar-refractivity contribution < 1.29 is 9.66 Å². The number of nitrogens with two attached hydrogens (primary N) is 1. The summed E-state index contributed by atoms with van der Waals surface area (Å²) < 4.78 is 5.12. The van der Waals surface area contributed by atoms with E-state index in [1.807, 2.05) is 0 Å². The third-order valence-corrected chi connectivity index (χ3v) is 3.51. The molecule has 0 radical (unpaired) electrons. The van der Waals surface area contributed by atoms with Crippen molar-refractivity contribution in [3.8, 4) is 0 Å². The summed E-state index contributed by atoms with van der Waals surface area (Å²) >= 11 is 0. The topological polar surface area (TPSA) is 81.6 Å². The fourth-order valence-electron chi connectivity index (χ4n) is 1.98. The highest BCUT2D eigenvalue weighted by Gasteiger charge is 2.16. The summed E-state index contributed by atoms with van der Waals surface area (Å²) in [5.74, 6) is 0. The van der Waals surface area contributed by atoms with Crippen molar-refractivity contribution in [2.45, 2.75) is 32.9 Å². The number of non-ortho nitro benzene ring substituents is 1. The maximum atomic E-state index is 10.8. The number of nitro benzene ring substituents is 1. The highest BCUT2D eigenvalue weighted by Crippen LogP contribution is 2.22. The van der Waals surface area contributed by atoms with E-state index < -0.39 is 4.92 Å². The molecule has 0 aliphatic rings. The molecule has 0 aliphatic carbocycles. The average Bonchev–Trinajstić information content (AvgIpc) is 2.44. The maximum absolute atomic E-state index is 10.8. The average molecular weight is 281 g/mol. The summed E-state index contributed by atoms with van der Waals surface area (Å²) in [6.07, 6.45) is 0.999. The molecule has 0 saturated carbocycles. The van der Waals surface area contributed by atoms with Crippen LogP contribution in [0.1, 0.15) is 25.8 Å². The highest BCUT2D eigenvalue weighted by molar-refractivity contribution is 5.52. The van der Waals surface area contributed by atoms with Crippen LogP contribution in [-0.4, -0.2) is 36.1 Å². The third kappa shape index (κ3) is 4.47. The van der Waals surface area contributed by atoms with Gasteiger partial charge in [0.15, 0.2) is 0 Å². The first-order valence-electron chi connectivity index (χ1n) is 6.75. The number of rotatable bonds is 8. The first kappa shape index (κ1) is 16.4. The lowest BCUT2D eigenvalue weighted by Crippen LogP contribution is -2.35. The lowest BCUT2D eigenvalue weighted by atomic mass is 10.1. The summed E-state index contributed by atoms with van der Waals surface area (Å²) in [7, 11) is 1.66. The molecule has 1 aromatic carbocycles. The van der Waals surface area contributed by atoms with Crippen molar-refractivity contribution in [2.24, 2.45) is 0 Å². The number of hydrogen-bond acceptors (Lipinski definition) is 5. The van der Waals surface area contributed by atoms with E-state index >= 15 is 0 Å². The summed E-state index contributed by atoms with van der Waals surface area (Å²) in [4.78, 5) is 12.7. The molecule has 1 rings (SSSR count). The molecule has 0 saturated heterocycles. The second kappa shape index (κ2) is 7.81. The molecule has 0 fully saturated rings. The van der Waals surface area contributed by atoms with Crippen LogP contribution in [0, 0.1) is 10.1 Å². The van der Waals surface area contributed by atoms with Gasteiger partial charge < -0.3 is 10.5 Å². The van der Waals surface area contributed by atoms with E-state index in [4.69, 9.17) is 10.5 Å². The molecule has 6 nitrogen and oxygen atoms in total. The Hall–Kier alpha value is -1.66. The van der Waals surface area contributed by atoms with Crippen molar-refractivity contribution in [3.05, 3.63) is 33.9 Å². The van der Waals surface area contributed by atoms with E-state index in [0.29, 0.717) is 24.9 Å². The standard InChI is InChI=1S/C14H23N3O3/c1-4-11(2)16(7-8-20-3)10-12-9-13(17(18)19)5-6-14(12)15/h5-6,9,11H,4,7-8,10,15H2,1-3H3. The second-order valence-electron chi connectivity index (χ2n) is 4.86. The molecule has 1 atom stereocenters. The van der Waals surface area contributed by atoms with Gasteiger partial charge in [0.05, 0.1) is 11.5 Å². The normalized spacial score (nSPS) is 12.6. The Bertz CT molecular complexity index is 451. The molecular weight excluding hydrogens is 258 g/mol. The number of nitrogens with zero attached hydrogens (tertiary/aromatic N) is 2. The van der Waals surface area contributed by atoms with Gasteiger partial charge in [0, 0.05) is 44.1 Å². The van der Waals surface area contributed by atoms with Gasteiger partial charge in [-0.2, -0.15) is 0 Å². The Kier molecular flexibility index (Phi) is 6.41. The molecule has 6 heteroatoms. The number of ether oxygens (including phenoxy) is 1. The highest BCUT2D eigenvalue weighted by atomic mass is 16.6. The zero-order valence-corrected chi connectivity index (χ0v) is 12.3. The summed E-state index contributed by atoms with van der Waals surface area (Å²) in [6, 6.07) is 4.95. The van der Waals surface area contributed by atoms with Gasteiger partial charge in [0.2, 0.25) is 0 Å². The van der Waals surface area contributed by atoms with Gasteiger partial charge in [0.1, 0.15) is 0 Å². The van der Waals surface area contributed by atoms with Crippen LogP contribution >= 0.6 is 0 Å². The van der Waals surface area contributed by atoms with Gasteiger partial charge in [0.25, 0.3) is 5.69 Å². The molecule has 2 N–H and O–H groups in total. The minimum atomic E-state index is -0.397. The molecule has 0 aromatic heterocycles. The van der Waals surface area contributed by atoms with Crippen LogP contribution in [0.3, 0.4) is 0 Å². The quantitative estimate of drug-likeness (QED) is 0.449. The Morgan fingerprint density at radius 2 is 2.20 bits per heavy atom. The lowest BCUT2D eigenvalue weighted by molar-refractivity contribution is -0.384. The molecule has 0 spiro atoms. The SMILES string of the molecule is CCC(C)N(CCOC)Cc1cc([N+](=O)[O-])ccc1N. The second-order valence-corrected chi connectivity index (χ2v) is 4.86. The van der Waals surface area contributed by atoms with Crippen molar-refractivity contribution in [1.29, 1.82) is 0 Å². The Morgan fingerprint density at radius 1 is 1.50 bits per heavy atom. The summed E-state index contributed by atoms with van der Waals surface area (Å²) in [6.45, 7) is 6.23. The van der Waals surface area contributed by atoms with Crippen LogP contribution in [0.2, 0.25) is 0 Å². The Balaban J connectivity index is 2.91. The van der Waals surface area contributed by atoms with Crippen molar-refractivity contribution >= 4 is 11.4 Å². The fraction of sp³-hybridized carbons (Fsp3) is 0.571. The Labute approximate surface area is 119 Å². The fourth-order valence-corrected chi connectivity index (χ4v) is 1.98. The zero-order chi connectivity index (χ0) is 15.1. The van der Waals surface area contributed by atoms with Crippen LogP contribution in [-0.2, 0) is 11.3 Å². The predicted molar refractivity (Wildman–Crippen MR) is 79.5 cm³/mol. The molecule has 0 bridgehead atoms. The van der Waals surface area contributed by atoms with Gasteiger partial charge in [-0.05, 0) is 25.0 Å². The van der Waals surface area contributed by atoms with Gasteiger partial charge in [-0.25, -0.2) is 0 Å². The minimum Gasteiger partial charge on any atom is -0.398 e. The monoisotopic (exact) mass is 281 g/mol. The number of methoxy groups -OCH3 is 1. The van der Waals surface area contributed by atoms with Crippen LogP contribution in [0.5, 0.6) is 0 Å². The van der Waals surface area contributed by atoms with Crippen LogP contribution in [0.4, 0.5) is 11.4 Å². The van der Waals surface area contributed by atoms with Gasteiger partial charge in [-0.3, -0.25) is 15.0 Å². The van der Waals surface area contributed by atoms with E-state index in [0.717, 1.165) is 18.5 Å². The molecule has 0 heterocycles. The van der Waals surface area contributed by atoms with Crippen LogP contribution in [0.25, 0.3) is 0 Å². The van der Waals surface area contributed by atoms with Crippen molar-refractivity contribution in [2.75, 3.05) is 26.0 Å². The molecular formula is C14H23N3O3.